The molecule has 13 heteroatoms. The van der Waals surface area contributed by atoms with Crippen molar-refractivity contribution in [2.24, 2.45) is 0 Å². The molecule has 1 fully saturated rings. The molecule has 7 rings (SSSR count). The molecule has 4 heterocycles. The number of aryl methyl sites for hydroxylation is 1. The summed E-state index contributed by atoms with van der Waals surface area (Å²) in [5.41, 5.74) is 2.42. The van der Waals surface area contributed by atoms with Crippen LogP contribution in [0.3, 0.4) is 0 Å². The predicted molar refractivity (Wildman–Crippen MR) is 151 cm³/mol. The average Bonchev–Trinajstić information content (AvgIpc) is 3.36. The molecule has 2 atom stereocenters. The average molecular weight is 593 g/mol. The fourth-order valence-electron chi connectivity index (χ4n) is 5.04. The number of fused-ring (bicyclic) bond motifs is 8. The Morgan fingerprint density at radius 2 is 1.79 bits per heavy atom. The van der Waals surface area contributed by atoms with E-state index in [4.69, 9.17) is 13.9 Å². The highest BCUT2D eigenvalue weighted by Crippen LogP contribution is 2.27. The molecule has 4 bridgehead atoms. The Labute approximate surface area is 240 Å². The van der Waals surface area contributed by atoms with Gasteiger partial charge in [0, 0.05) is 37.7 Å². The number of sulfonamides is 1. The molecule has 1 aromatic heterocycles. The summed E-state index contributed by atoms with van der Waals surface area (Å²) in [7, 11) is -4.01. The fraction of sp³-hybridized carbons (Fsp3) is 0.276. The number of piperidine rings is 1. The van der Waals surface area contributed by atoms with Crippen LogP contribution in [0.5, 0.6) is 11.5 Å². The lowest BCUT2D eigenvalue weighted by atomic mass is 10.0. The van der Waals surface area contributed by atoms with Gasteiger partial charge >= 0.3 is 5.76 Å². The van der Waals surface area contributed by atoms with Crippen molar-refractivity contribution in [3.63, 3.8) is 0 Å². The molecular weight excluding hydrogens is 564 g/mol. The number of hydrogen-bond donors (Lipinski definition) is 3. The van der Waals surface area contributed by atoms with E-state index in [2.05, 4.69) is 15.6 Å². The highest BCUT2D eigenvalue weighted by molar-refractivity contribution is 7.89. The van der Waals surface area contributed by atoms with E-state index >= 15 is 0 Å². The summed E-state index contributed by atoms with van der Waals surface area (Å²) < 4.78 is 45.6. The summed E-state index contributed by atoms with van der Waals surface area (Å²) >= 11 is 0. The summed E-state index contributed by atoms with van der Waals surface area (Å²) in [6.07, 6.45) is -0.237. The molecule has 0 spiro atoms. The molecule has 42 heavy (non-hydrogen) atoms. The van der Waals surface area contributed by atoms with Crippen molar-refractivity contribution in [3.8, 4) is 11.5 Å². The first kappa shape index (κ1) is 27.5. The van der Waals surface area contributed by atoms with Crippen LogP contribution in [0, 0.1) is 6.92 Å². The van der Waals surface area contributed by atoms with Gasteiger partial charge in [0.2, 0.25) is 10.0 Å². The van der Waals surface area contributed by atoms with Gasteiger partial charge in [-0.25, -0.2) is 13.2 Å². The highest BCUT2D eigenvalue weighted by Gasteiger charge is 2.38. The van der Waals surface area contributed by atoms with Crippen molar-refractivity contribution >= 4 is 32.9 Å². The molecule has 2 amide bonds. The number of aromatic nitrogens is 1. The lowest BCUT2D eigenvalue weighted by molar-refractivity contribution is -0.123. The van der Waals surface area contributed by atoms with Gasteiger partial charge in [-0.2, -0.15) is 4.31 Å². The topological polar surface area (TPSA) is 160 Å². The van der Waals surface area contributed by atoms with Gasteiger partial charge in [0.25, 0.3) is 11.8 Å². The monoisotopic (exact) mass is 592 g/mol. The highest BCUT2D eigenvalue weighted by atomic mass is 32.2. The van der Waals surface area contributed by atoms with E-state index in [9.17, 15) is 22.8 Å². The molecule has 218 valence electrons. The van der Waals surface area contributed by atoms with Gasteiger partial charge in [0.05, 0.1) is 16.5 Å². The number of oxazole rings is 1. The number of nitrogens with zero attached hydrogens (tertiary/aromatic N) is 1. The second-order valence-electron chi connectivity index (χ2n) is 10.3. The number of rotatable bonds is 2. The molecule has 3 aliphatic rings. The van der Waals surface area contributed by atoms with E-state index < -0.39 is 33.8 Å². The zero-order valence-corrected chi connectivity index (χ0v) is 23.4. The van der Waals surface area contributed by atoms with Crippen LogP contribution < -0.4 is 25.9 Å². The molecule has 0 unspecified atom stereocenters. The molecule has 3 aromatic carbocycles. The maximum atomic E-state index is 13.7. The number of amides is 2. The van der Waals surface area contributed by atoms with Crippen molar-refractivity contribution < 1.29 is 31.9 Å². The molecular formula is C29H28N4O8S. The summed E-state index contributed by atoms with van der Waals surface area (Å²) in [6, 6.07) is 15.6. The predicted octanol–water partition coefficient (Wildman–Crippen LogP) is 2.08. The van der Waals surface area contributed by atoms with Crippen LogP contribution in [0.25, 0.3) is 11.1 Å². The molecule has 4 aromatic rings. The van der Waals surface area contributed by atoms with Gasteiger partial charge in [-0.15, -0.1) is 0 Å². The molecule has 1 saturated heterocycles. The van der Waals surface area contributed by atoms with Gasteiger partial charge in [0.15, 0.2) is 12.2 Å². The lowest BCUT2D eigenvalue weighted by Gasteiger charge is -2.38. The summed E-state index contributed by atoms with van der Waals surface area (Å²) in [5.74, 6) is -0.499. The van der Waals surface area contributed by atoms with E-state index in [-0.39, 0.29) is 41.6 Å². The van der Waals surface area contributed by atoms with Gasteiger partial charge in [0.1, 0.15) is 17.6 Å². The fourth-order valence-corrected chi connectivity index (χ4v) is 6.53. The van der Waals surface area contributed by atoms with Gasteiger partial charge < -0.3 is 24.5 Å². The Hall–Kier alpha value is -4.62. The lowest BCUT2D eigenvalue weighted by Crippen LogP contribution is -2.58. The first-order valence-corrected chi connectivity index (χ1v) is 14.8. The van der Waals surface area contributed by atoms with Crippen LogP contribution in [0.2, 0.25) is 0 Å². The van der Waals surface area contributed by atoms with Crippen molar-refractivity contribution in [2.75, 3.05) is 19.7 Å². The van der Waals surface area contributed by atoms with Crippen LogP contribution in [-0.2, 0) is 21.4 Å². The number of carbonyl (C=O) groups is 2. The third-order valence-corrected chi connectivity index (χ3v) is 9.23. The van der Waals surface area contributed by atoms with E-state index in [1.54, 1.807) is 30.3 Å². The minimum Gasteiger partial charge on any atom is -0.488 e. The molecule has 0 saturated carbocycles. The van der Waals surface area contributed by atoms with E-state index in [1.165, 1.54) is 22.5 Å². The number of H-pyrrole nitrogens is 1. The molecule has 12 nitrogen and oxygen atoms in total. The molecule has 3 N–H and O–H groups in total. The quantitative estimate of drug-likeness (QED) is 0.319. The molecule has 3 aliphatic heterocycles. The van der Waals surface area contributed by atoms with E-state index in [0.29, 0.717) is 30.0 Å². The maximum Gasteiger partial charge on any atom is 0.417 e. The number of hydrogen-bond acceptors (Lipinski definition) is 8. The second-order valence-corrected chi connectivity index (χ2v) is 12.2. The Morgan fingerprint density at radius 3 is 2.60 bits per heavy atom. The van der Waals surface area contributed by atoms with Crippen LogP contribution in [0.15, 0.2) is 74.8 Å². The largest absolute Gasteiger partial charge is 0.488 e. The smallest absolute Gasteiger partial charge is 0.417 e. The number of carbonyl (C=O) groups excluding carboxylic acids is 2. The van der Waals surface area contributed by atoms with Crippen LogP contribution in [0.1, 0.15) is 27.9 Å². The maximum absolute atomic E-state index is 13.7. The van der Waals surface area contributed by atoms with Crippen molar-refractivity contribution in [1.29, 1.82) is 0 Å². The van der Waals surface area contributed by atoms with Crippen molar-refractivity contribution in [3.05, 3.63) is 87.9 Å². The second kappa shape index (κ2) is 11.0. The molecule has 0 radical (unpaired) electrons. The summed E-state index contributed by atoms with van der Waals surface area (Å²) in [6.45, 7) is 1.98. The Morgan fingerprint density at radius 1 is 0.976 bits per heavy atom. The van der Waals surface area contributed by atoms with Gasteiger partial charge in [-0.3, -0.25) is 14.6 Å². The van der Waals surface area contributed by atoms with Crippen LogP contribution in [0.4, 0.5) is 0 Å². The Bertz CT molecular complexity index is 1830. The van der Waals surface area contributed by atoms with Crippen molar-refractivity contribution in [2.45, 2.75) is 36.9 Å². The number of aromatic amines is 1. The van der Waals surface area contributed by atoms with Gasteiger partial charge in [-0.05, 0) is 54.4 Å². The third-order valence-electron chi connectivity index (χ3n) is 7.37. The first-order valence-electron chi connectivity index (χ1n) is 13.4. The van der Waals surface area contributed by atoms with Crippen LogP contribution in [-0.4, -0.2) is 61.4 Å². The van der Waals surface area contributed by atoms with Gasteiger partial charge in [-0.1, -0.05) is 18.2 Å². The third kappa shape index (κ3) is 5.60. The zero-order valence-electron chi connectivity index (χ0n) is 22.6. The SMILES string of the molecule is Cc1ccc2cc1OCC(=O)NCc1ccc(cc1)O[C@H]1CCN(S(=O)(=O)c3ccc4[nH]c(=O)oc4c3)C[C@@H]1NC2=O. The summed E-state index contributed by atoms with van der Waals surface area (Å²) in [5, 5.41) is 5.77. The van der Waals surface area contributed by atoms with E-state index in [1.807, 2.05) is 19.1 Å². The Kier molecular flexibility index (Phi) is 7.21. The standard InChI is InChI=1S/C29H28N4O8S/c1-17-2-5-19-12-25(17)39-16-27(34)30-14-18-3-6-20(7-4-18)40-24-10-11-33(15-23(24)31-28(19)35)42(37,38)21-8-9-22-26(13-21)41-29(36)32-22/h2-9,12-13,23-24H,10-11,14-16H2,1H3,(H,30,34)(H,31,35)(H,32,36)/t23-,24-/m0/s1. The number of ether oxygens (including phenoxy) is 2. The first-order chi connectivity index (χ1) is 20.2. The summed E-state index contributed by atoms with van der Waals surface area (Å²) in [4.78, 5) is 39.8. The number of benzene rings is 3. The minimum atomic E-state index is -4.01. The minimum absolute atomic E-state index is 0.0354. The number of nitrogens with one attached hydrogen (secondary N) is 3. The normalized spacial score (nSPS) is 20.1. The van der Waals surface area contributed by atoms with Crippen molar-refractivity contribution in [1.82, 2.24) is 19.9 Å². The van der Waals surface area contributed by atoms with Crippen LogP contribution >= 0.6 is 0 Å². The Balaban J connectivity index is 1.31. The van der Waals surface area contributed by atoms with E-state index in [0.717, 1.165) is 11.1 Å². The zero-order chi connectivity index (χ0) is 29.4. The molecule has 0 aliphatic carbocycles.